The highest BCUT2D eigenvalue weighted by atomic mass is 16.5. The molecule has 0 heterocycles. The van der Waals surface area contributed by atoms with Crippen molar-refractivity contribution in [1.82, 2.24) is 0 Å². The maximum Gasteiger partial charge on any atom is 0.311 e. The van der Waals surface area contributed by atoms with E-state index in [1.54, 1.807) is 24.3 Å². The molecule has 0 spiro atoms. The molecule has 2 nitrogen and oxygen atoms in total. The molecule has 0 aliphatic heterocycles. The molecule has 0 bridgehead atoms. The summed E-state index contributed by atoms with van der Waals surface area (Å²) in [5.41, 5.74) is 0. The lowest BCUT2D eigenvalue weighted by Crippen LogP contribution is -2.06. The number of esters is 1. The van der Waals surface area contributed by atoms with Crippen LogP contribution in [0, 0.1) is 6.07 Å². The van der Waals surface area contributed by atoms with Crippen LogP contribution in [0.25, 0.3) is 0 Å². The van der Waals surface area contributed by atoms with Crippen molar-refractivity contribution >= 4 is 5.97 Å². The minimum Gasteiger partial charge on any atom is -0.427 e. The normalized spacial score (nSPS) is 9.42. The highest BCUT2D eigenvalue weighted by molar-refractivity contribution is 5.72. The summed E-state index contributed by atoms with van der Waals surface area (Å²) >= 11 is 0. The van der Waals surface area contributed by atoms with Gasteiger partial charge in [-0.15, -0.1) is 0 Å². The van der Waals surface area contributed by atoms with Gasteiger partial charge in [-0.2, -0.15) is 0 Å². The van der Waals surface area contributed by atoms with Crippen molar-refractivity contribution in [2.24, 2.45) is 0 Å². The number of carbonyl (C=O) groups excluding carboxylic acids is 1. The van der Waals surface area contributed by atoms with Crippen LogP contribution in [0.2, 0.25) is 0 Å². The van der Waals surface area contributed by atoms with Gasteiger partial charge in [-0.1, -0.05) is 19.1 Å². The Labute approximate surface area is 72.2 Å². The van der Waals surface area contributed by atoms with Crippen molar-refractivity contribution < 1.29 is 9.53 Å². The number of rotatable bonds is 3. The van der Waals surface area contributed by atoms with Gasteiger partial charge in [-0.05, 0) is 24.6 Å². The Balaban J connectivity index is 2.47. The van der Waals surface area contributed by atoms with Crippen molar-refractivity contribution in [3.05, 3.63) is 30.3 Å². The zero-order valence-corrected chi connectivity index (χ0v) is 7.04. The molecule has 0 atom stereocenters. The Morgan fingerprint density at radius 2 is 2.50 bits per heavy atom. The quantitative estimate of drug-likeness (QED) is 0.504. The van der Waals surface area contributed by atoms with Gasteiger partial charge in [0.1, 0.15) is 5.75 Å². The summed E-state index contributed by atoms with van der Waals surface area (Å²) in [7, 11) is 0. The smallest absolute Gasteiger partial charge is 0.311 e. The van der Waals surface area contributed by atoms with Gasteiger partial charge in [0.05, 0.1) is 0 Å². The molecule has 12 heavy (non-hydrogen) atoms. The van der Waals surface area contributed by atoms with Crippen LogP contribution in [-0.2, 0) is 4.79 Å². The van der Waals surface area contributed by atoms with Crippen LogP contribution in [0.5, 0.6) is 5.75 Å². The molecule has 63 valence electrons. The van der Waals surface area contributed by atoms with Crippen LogP contribution in [-0.4, -0.2) is 5.97 Å². The Morgan fingerprint density at radius 1 is 1.67 bits per heavy atom. The van der Waals surface area contributed by atoms with Crippen molar-refractivity contribution in [1.29, 1.82) is 0 Å². The lowest BCUT2D eigenvalue weighted by molar-refractivity contribution is -0.134. The number of carbonyl (C=O) groups is 1. The molecule has 0 aromatic heterocycles. The lowest BCUT2D eigenvalue weighted by atomic mass is 10.3. The standard InChI is InChI=1S/C10H11O2/c1-2-6-10(11)12-9-7-4-3-5-8-9/h3-4,7-8H,2,6H2,1H3. The van der Waals surface area contributed by atoms with E-state index < -0.39 is 0 Å². The molecule has 0 aliphatic rings. The Bertz CT molecular complexity index is 241. The highest BCUT2D eigenvalue weighted by Crippen LogP contribution is 2.08. The molecule has 1 radical (unpaired) electrons. The molecule has 0 N–H and O–H groups in total. The molecule has 0 fully saturated rings. The Hall–Kier alpha value is -1.31. The van der Waals surface area contributed by atoms with Crippen LogP contribution in [0.15, 0.2) is 24.3 Å². The molecule has 1 aromatic carbocycles. The van der Waals surface area contributed by atoms with Crippen LogP contribution < -0.4 is 4.74 Å². The number of ether oxygens (including phenoxy) is 1. The maximum atomic E-state index is 11.0. The van der Waals surface area contributed by atoms with Crippen molar-refractivity contribution in [2.45, 2.75) is 19.8 Å². The summed E-state index contributed by atoms with van der Waals surface area (Å²) in [6, 6.07) is 9.77. The summed E-state index contributed by atoms with van der Waals surface area (Å²) in [4.78, 5) is 11.0. The molecule has 0 amide bonds. The minimum atomic E-state index is -0.183. The van der Waals surface area contributed by atoms with Crippen LogP contribution in [0.3, 0.4) is 0 Å². The van der Waals surface area contributed by atoms with E-state index in [0.717, 1.165) is 6.42 Å². The van der Waals surface area contributed by atoms with E-state index in [4.69, 9.17) is 4.74 Å². The highest BCUT2D eigenvalue weighted by Gasteiger charge is 2.00. The molecule has 0 unspecified atom stereocenters. The van der Waals surface area contributed by atoms with Crippen molar-refractivity contribution in [2.75, 3.05) is 0 Å². The van der Waals surface area contributed by atoms with E-state index in [-0.39, 0.29) is 5.97 Å². The zero-order valence-electron chi connectivity index (χ0n) is 7.04. The summed E-state index contributed by atoms with van der Waals surface area (Å²) < 4.78 is 4.98. The van der Waals surface area contributed by atoms with E-state index in [2.05, 4.69) is 6.07 Å². The molecule has 0 aliphatic carbocycles. The number of hydrogen-bond donors (Lipinski definition) is 0. The van der Waals surface area contributed by atoms with Gasteiger partial charge in [-0.25, -0.2) is 0 Å². The zero-order chi connectivity index (χ0) is 8.81. The van der Waals surface area contributed by atoms with E-state index in [9.17, 15) is 4.79 Å². The monoisotopic (exact) mass is 163 g/mol. The molecular formula is C10H11O2. The number of benzene rings is 1. The summed E-state index contributed by atoms with van der Waals surface area (Å²) in [6.45, 7) is 1.94. The first-order valence-corrected chi connectivity index (χ1v) is 3.99. The van der Waals surface area contributed by atoms with Gasteiger partial charge < -0.3 is 4.74 Å². The van der Waals surface area contributed by atoms with Gasteiger partial charge in [-0.3, -0.25) is 4.79 Å². The fraction of sp³-hybridized carbons (Fsp3) is 0.300. The first-order valence-electron chi connectivity index (χ1n) is 3.99. The van der Waals surface area contributed by atoms with E-state index >= 15 is 0 Å². The Kier molecular flexibility index (Phi) is 3.33. The average molecular weight is 163 g/mol. The van der Waals surface area contributed by atoms with Crippen LogP contribution in [0.1, 0.15) is 19.8 Å². The SMILES string of the molecule is CCCC(=O)Oc1c[c]ccc1. The molecule has 1 aromatic rings. The molecule has 1 rings (SSSR count). The van der Waals surface area contributed by atoms with Gasteiger partial charge in [0.25, 0.3) is 0 Å². The van der Waals surface area contributed by atoms with Gasteiger partial charge in [0, 0.05) is 6.42 Å². The molecule has 0 saturated heterocycles. The van der Waals surface area contributed by atoms with Gasteiger partial charge in [0.15, 0.2) is 0 Å². The predicted molar refractivity (Wildman–Crippen MR) is 45.8 cm³/mol. The van der Waals surface area contributed by atoms with E-state index in [1.807, 2.05) is 6.92 Å². The summed E-state index contributed by atoms with van der Waals surface area (Å²) in [5, 5.41) is 0. The fourth-order valence-corrected chi connectivity index (χ4v) is 0.827. The third-order valence-electron chi connectivity index (χ3n) is 1.36. The molecule has 2 heteroatoms. The second-order valence-electron chi connectivity index (χ2n) is 2.46. The third kappa shape index (κ3) is 2.74. The van der Waals surface area contributed by atoms with E-state index in [1.165, 1.54) is 0 Å². The van der Waals surface area contributed by atoms with E-state index in [0.29, 0.717) is 12.2 Å². The maximum absolute atomic E-state index is 11.0. The fourth-order valence-electron chi connectivity index (χ4n) is 0.827. The van der Waals surface area contributed by atoms with Crippen molar-refractivity contribution in [3.8, 4) is 5.75 Å². The summed E-state index contributed by atoms with van der Waals surface area (Å²) in [5.74, 6) is 0.382. The van der Waals surface area contributed by atoms with Crippen LogP contribution in [0.4, 0.5) is 0 Å². The van der Waals surface area contributed by atoms with Crippen molar-refractivity contribution in [3.63, 3.8) is 0 Å². The largest absolute Gasteiger partial charge is 0.427 e. The Morgan fingerprint density at radius 3 is 3.08 bits per heavy atom. The van der Waals surface area contributed by atoms with Gasteiger partial charge in [0.2, 0.25) is 0 Å². The summed E-state index contributed by atoms with van der Waals surface area (Å²) in [6.07, 6.45) is 1.28. The van der Waals surface area contributed by atoms with Crippen LogP contribution >= 0.6 is 0 Å². The van der Waals surface area contributed by atoms with Gasteiger partial charge >= 0.3 is 5.97 Å². The minimum absolute atomic E-state index is 0.183. The predicted octanol–water partition coefficient (Wildman–Crippen LogP) is 2.19. The number of hydrogen-bond acceptors (Lipinski definition) is 2. The topological polar surface area (TPSA) is 26.3 Å². The first kappa shape index (κ1) is 8.78. The lowest BCUT2D eigenvalue weighted by Gasteiger charge is -2.01. The second-order valence-corrected chi connectivity index (χ2v) is 2.46. The second kappa shape index (κ2) is 4.54. The molecule has 0 saturated carbocycles. The molecular weight excluding hydrogens is 152 g/mol. The first-order chi connectivity index (χ1) is 5.83. The third-order valence-corrected chi connectivity index (χ3v) is 1.36. The average Bonchev–Trinajstić information content (AvgIpc) is 2.06.